The summed E-state index contributed by atoms with van der Waals surface area (Å²) in [6, 6.07) is 3.83. The Labute approximate surface area is 178 Å². The lowest BCUT2D eigenvalue weighted by atomic mass is 10.0. The molecule has 0 aliphatic carbocycles. The van der Waals surface area contributed by atoms with Crippen LogP contribution in [0.1, 0.15) is 19.3 Å². The van der Waals surface area contributed by atoms with Crippen LogP contribution in [-0.4, -0.2) is 36.2 Å². The zero-order valence-electron chi connectivity index (χ0n) is 14.7. The number of rotatable bonds is 4. The van der Waals surface area contributed by atoms with Crippen LogP contribution in [0.3, 0.4) is 0 Å². The van der Waals surface area contributed by atoms with Crippen LogP contribution in [0.2, 0.25) is 4.34 Å². The first-order valence-electron chi connectivity index (χ1n) is 8.59. The fourth-order valence-corrected chi connectivity index (χ4v) is 7.38. The number of thiazole rings is 1. The lowest BCUT2D eigenvalue weighted by Crippen LogP contribution is -2.49. The number of nitrogens with zero attached hydrogens (tertiary/aromatic N) is 2. The highest BCUT2D eigenvalue weighted by Crippen LogP contribution is 2.33. The number of nitrogens with one attached hydrogen (secondary N) is 1. The molecule has 3 heterocycles. The van der Waals surface area contributed by atoms with Crippen molar-refractivity contribution in [2.45, 2.75) is 29.5 Å². The van der Waals surface area contributed by atoms with Crippen LogP contribution in [0, 0.1) is 11.6 Å². The molecule has 0 bridgehead atoms. The van der Waals surface area contributed by atoms with Crippen molar-refractivity contribution in [3.8, 4) is 0 Å². The first-order valence-corrected chi connectivity index (χ1v) is 12.0. The number of carbonyl (C=O) groups excluding carboxylic acids is 1. The van der Waals surface area contributed by atoms with Crippen LogP contribution >= 0.6 is 34.3 Å². The van der Waals surface area contributed by atoms with E-state index in [1.54, 1.807) is 0 Å². The predicted molar refractivity (Wildman–Crippen MR) is 109 cm³/mol. The van der Waals surface area contributed by atoms with Gasteiger partial charge in [0.1, 0.15) is 21.6 Å². The van der Waals surface area contributed by atoms with Crippen LogP contribution in [0.15, 0.2) is 28.5 Å². The van der Waals surface area contributed by atoms with E-state index in [2.05, 4.69) is 10.3 Å². The summed E-state index contributed by atoms with van der Waals surface area (Å²) in [5.74, 6) is -2.13. The number of sulfonamides is 1. The molecule has 1 unspecified atom stereocenters. The second kappa shape index (κ2) is 7.88. The maximum absolute atomic E-state index is 13.9. The summed E-state index contributed by atoms with van der Waals surface area (Å²) in [6.45, 7) is 0.204. The van der Waals surface area contributed by atoms with Crippen LogP contribution in [0.25, 0.3) is 10.2 Å². The average molecular weight is 478 g/mol. The number of halogens is 3. The van der Waals surface area contributed by atoms with E-state index in [1.165, 1.54) is 16.4 Å². The van der Waals surface area contributed by atoms with Crippen molar-refractivity contribution in [2.75, 3.05) is 11.9 Å². The Bertz CT molecular complexity index is 1200. The number of hydrogen-bond donors (Lipinski definition) is 1. The van der Waals surface area contributed by atoms with Gasteiger partial charge in [0.15, 0.2) is 10.9 Å². The van der Waals surface area contributed by atoms with E-state index < -0.39 is 33.6 Å². The molecule has 154 valence electrons. The molecular formula is C17H14ClF2N3O3S3. The monoisotopic (exact) mass is 477 g/mol. The summed E-state index contributed by atoms with van der Waals surface area (Å²) >= 11 is 7.71. The average Bonchev–Trinajstić information content (AvgIpc) is 3.28. The fraction of sp³-hybridized carbons (Fsp3) is 0.294. The van der Waals surface area contributed by atoms with E-state index in [9.17, 15) is 22.0 Å². The molecule has 0 saturated carbocycles. The largest absolute Gasteiger partial charge is 0.301 e. The number of thiophene rings is 1. The summed E-state index contributed by atoms with van der Waals surface area (Å²) in [5, 5.41) is 2.64. The molecule has 3 aromatic rings. The van der Waals surface area contributed by atoms with Gasteiger partial charge >= 0.3 is 0 Å². The maximum atomic E-state index is 13.9. The number of amides is 1. The number of piperidine rings is 1. The van der Waals surface area contributed by atoms with Crippen LogP contribution in [0.4, 0.5) is 13.9 Å². The van der Waals surface area contributed by atoms with Gasteiger partial charge in [0.25, 0.3) is 10.0 Å². The van der Waals surface area contributed by atoms with Crippen LogP contribution in [-0.2, 0) is 14.8 Å². The lowest BCUT2D eigenvalue weighted by Gasteiger charge is -2.32. The Kier molecular flexibility index (Phi) is 5.60. The minimum absolute atomic E-state index is 0.0481. The van der Waals surface area contributed by atoms with Gasteiger partial charge < -0.3 is 5.32 Å². The first-order chi connectivity index (χ1) is 13.8. The molecule has 6 nitrogen and oxygen atoms in total. The quantitative estimate of drug-likeness (QED) is 0.601. The molecule has 4 rings (SSSR count). The van der Waals surface area contributed by atoms with Crippen molar-refractivity contribution in [1.82, 2.24) is 9.29 Å². The predicted octanol–water partition coefficient (Wildman–Crippen LogP) is 4.47. The summed E-state index contributed by atoms with van der Waals surface area (Å²) in [5.41, 5.74) is -0.0481. The summed E-state index contributed by atoms with van der Waals surface area (Å²) < 4.78 is 55.0. The van der Waals surface area contributed by atoms with Crippen molar-refractivity contribution in [3.05, 3.63) is 40.2 Å². The molecule has 12 heteroatoms. The van der Waals surface area contributed by atoms with E-state index in [-0.39, 0.29) is 26.1 Å². The van der Waals surface area contributed by atoms with Gasteiger partial charge in [-0.2, -0.15) is 4.31 Å². The summed E-state index contributed by atoms with van der Waals surface area (Å²) in [7, 11) is -3.88. The second-order valence-electron chi connectivity index (χ2n) is 6.43. The zero-order chi connectivity index (χ0) is 20.8. The van der Waals surface area contributed by atoms with Gasteiger partial charge in [-0.25, -0.2) is 22.2 Å². The molecule has 0 spiro atoms. The Morgan fingerprint density at radius 3 is 2.76 bits per heavy atom. The number of aromatic nitrogens is 1. The Hall–Kier alpha value is -1.66. The SMILES string of the molecule is O=C(Nc1nc2c(F)cc(F)cc2s1)C1CCCCN1S(=O)(=O)c1ccc(Cl)s1. The second-order valence-corrected chi connectivity index (χ2v) is 11.3. The molecule has 1 atom stereocenters. The lowest BCUT2D eigenvalue weighted by molar-refractivity contribution is -0.120. The smallest absolute Gasteiger partial charge is 0.253 e. The summed E-state index contributed by atoms with van der Waals surface area (Å²) in [4.78, 5) is 16.8. The van der Waals surface area contributed by atoms with Gasteiger partial charge in [-0.05, 0) is 31.0 Å². The number of hydrogen-bond acceptors (Lipinski definition) is 6. The van der Waals surface area contributed by atoms with Crippen LogP contribution < -0.4 is 5.32 Å². The molecule has 29 heavy (non-hydrogen) atoms. The maximum Gasteiger partial charge on any atom is 0.253 e. The van der Waals surface area contributed by atoms with Crippen LogP contribution in [0.5, 0.6) is 0 Å². The Morgan fingerprint density at radius 2 is 2.03 bits per heavy atom. The van der Waals surface area contributed by atoms with Crippen molar-refractivity contribution < 1.29 is 22.0 Å². The molecule has 1 aromatic carbocycles. The topological polar surface area (TPSA) is 79.4 Å². The molecule has 0 radical (unpaired) electrons. The number of carbonyl (C=O) groups is 1. The molecule has 1 saturated heterocycles. The third-order valence-corrected chi connectivity index (χ3v) is 9.04. The third-order valence-electron chi connectivity index (χ3n) is 4.51. The normalized spacial score (nSPS) is 18.2. The van der Waals surface area contributed by atoms with Gasteiger partial charge in [-0.1, -0.05) is 29.4 Å². The van der Waals surface area contributed by atoms with E-state index in [1.807, 2.05) is 0 Å². The Morgan fingerprint density at radius 1 is 1.24 bits per heavy atom. The fourth-order valence-electron chi connectivity index (χ4n) is 3.21. The minimum Gasteiger partial charge on any atom is -0.301 e. The molecule has 1 aliphatic heterocycles. The Balaban J connectivity index is 1.60. The number of fused-ring (bicyclic) bond motifs is 1. The van der Waals surface area contributed by atoms with Gasteiger partial charge in [0, 0.05) is 12.6 Å². The molecular weight excluding hydrogens is 464 g/mol. The van der Waals surface area contributed by atoms with Gasteiger partial charge in [0.2, 0.25) is 5.91 Å². The third kappa shape index (κ3) is 4.02. The van der Waals surface area contributed by atoms with Gasteiger partial charge in [-0.3, -0.25) is 4.79 Å². The standard InChI is InChI=1S/C17H14ClF2N3O3S3/c18-13-4-5-14(28-13)29(25,26)23-6-2-1-3-11(23)16(24)22-17-21-15-10(20)7-9(19)8-12(15)27-17/h4-5,7-8,11H,1-3,6H2,(H,21,22,24). The molecule has 1 aliphatic rings. The van der Waals surface area contributed by atoms with E-state index in [0.717, 1.165) is 34.8 Å². The number of benzene rings is 1. The highest BCUT2D eigenvalue weighted by atomic mass is 35.5. The number of anilines is 1. The molecule has 1 N–H and O–H groups in total. The minimum atomic E-state index is -3.88. The van der Waals surface area contributed by atoms with E-state index >= 15 is 0 Å². The van der Waals surface area contributed by atoms with E-state index in [0.29, 0.717) is 23.6 Å². The first kappa shape index (κ1) is 20.6. The molecule has 2 aromatic heterocycles. The molecule has 1 fully saturated rings. The van der Waals surface area contributed by atoms with Crippen molar-refractivity contribution in [1.29, 1.82) is 0 Å². The highest BCUT2D eigenvalue weighted by molar-refractivity contribution is 7.91. The summed E-state index contributed by atoms with van der Waals surface area (Å²) in [6.07, 6.45) is 1.67. The van der Waals surface area contributed by atoms with E-state index in [4.69, 9.17) is 11.6 Å². The van der Waals surface area contributed by atoms with Crippen molar-refractivity contribution >= 4 is 65.6 Å². The van der Waals surface area contributed by atoms with Crippen molar-refractivity contribution in [2.24, 2.45) is 0 Å². The zero-order valence-corrected chi connectivity index (χ0v) is 17.9. The molecule has 1 amide bonds. The van der Waals surface area contributed by atoms with Gasteiger partial charge in [-0.15, -0.1) is 11.3 Å². The highest BCUT2D eigenvalue weighted by Gasteiger charge is 2.38. The van der Waals surface area contributed by atoms with Gasteiger partial charge in [0.05, 0.1) is 9.04 Å². The van der Waals surface area contributed by atoms with Crippen molar-refractivity contribution in [3.63, 3.8) is 0 Å².